The first kappa shape index (κ1) is 14.9. The van der Waals surface area contributed by atoms with E-state index >= 15 is 0 Å². The third-order valence-electron chi connectivity index (χ3n) is 3.42. The smallest absolute Gasteiger partial charge is 0.264 e. The molecule has 1 atom stereocenters. The molecule has 2 amide bonds. The quantitative estimate of drug-likeness (QED) is 0.895. The number of amides is 2. The Kier molecular flexibility index (Phi) is 4.51. The van der Waals surface area contributed by atoms with Gasteiger partial charge in [-0.1, -0.05) is 23.4 Å². The Morgan fingerprint density at radius 3 is 2.95 bits per heavy atom. The largest absolute Gasteiger partial charge is 0.326 e. The van der Waals surface area contributed by atoms with E-state index in [0.717, 1.165) is 18.7 Å². The highest BCUT2D eigenvalue weighted by Gasteiger charge is 2.35. The molecule has 1 unspecified atom stereocenters. The van der Waals surface area contributed by atoms with Crippen LogP contribution < -0.4 is 5.32 Å². The maximum absolute atomic E-state index is 12.5. The molecule has 3 heterocycles. The van der Waals surface area contributed by atoms with Gasteiger partial charge in [0.1, 0.15) is 6.04 Å². The summed E-state index contributed by atoms with van der Waals surface area (Å²) in [6.45, 7) is 1.34. The normalized spacial score (nSPS) is 21.5. The van der Waals surface area contributed by atoms with E-state index in [1.165, 1.54) is 23.1 Å². The Labute approximate surface area is 135 Å². The molecule has 0 bridgehead atoms. The van der Waals surface area contributed by atoms with Crippen molar-refractivity contribution >= 4 is 51.7 Å². The zero-order valence-electron chi connectivity index (χ0n) is 11.2. The molecule has 21 heavy (non-hydrogen) atoms. The summed E-state index contributed by atoms with van der Waals surface area (Å²) < 4.78 is 0.579. The Morgan fingerprint density at radius 2 is 2.29 bits per heavy atom. The molecule has 112 valence electrons. The fourth-order valence-electron chi connectivity index (χ4n) is 2.45. The summed E-state index contributed by atoms with van der Waals surface area (Å²) in [6.07, 6.45) is 1.52. The number of hydrogen-bond donors (Lipinski definition) is 1. The number of carbonyl (C=O) groups excluding carboxylic acids is 2. The molecular weight excluding hydrogens is 330 g/mol. The second kappa shape index (κ2) is 6.37. The fraction of sp³-hybridized carbons (Fsp3) is 0.462. The SMILES string of the molecule is O=C(NC1=NCCS1)C1CCCN1C(=O)c1ccc(Cl)s1. The summed E-state index contributed by atoms with van der Waals surface area (Å²) in [6, 6.07) is 3.00. The van der Waals surface area contributed by atoms with E-state index in [9.17, 15) is 9.59 Å². The van der Waals surface area contributed by atoms with Crippen LogP contribution in [0.2, 0.25) is 4.34 Å². The lowest BCUT2D eigenvalue weighted by molar-refractivity contribution is -0.123. The van der Waals surface area contributed by atoms with Crippen LogP contribution in [0.4, 0.5) is 0 Å². The van der Waals surface area contributed by atoms with Gasteiger partial charge >= 0.3 is 0 Å². The summed E-state index contributed by atoms with van der Waals surface area (Å²) in [7, 11) is 0. The van der Waals surface area contributed by atoms with Gasteiger partial charge < -0.3 is 10.2 Å². The van der Waals surface area contributed by atoms with Crippen LogP contribution in [-0.4, -0.2) is 46.8 Å². The lowest BCUT2D eigenvalue weighted by Gasteiger charge is -2.23. The van der Waals surface area contributed by atoms with Gasteiger partial charge in [0.2, 0.25) is 5.91 Å². The van der Waals surface area contributed by atoms with E-state index < -0.39 is 6.04 Å². The maximum atomic E-state index is 12.5. The first-order valence-electron chi connectivity index (χ1n) is 6.69. The van der Waals surface area contributed by atoms with Crippen molar-refractivity contribution in [1.29, 1.82) is 0 Å². The van der Waals surface area contributed by atoms with E-state index in [0.29, 0.717) is 27.3 Å². The summed E-state index contributed by atoms with van der Waals surface area (Å²) in [5.74, 6) is 0.638. The molecule has 0 aliphatic carbocycles. The monoisotopic (exact) mass is 343 g/mol. The average Bonchev–Trinajstić information content (AvgIpc) is 3.18. The van der Waals surface area contributed by atoms with Crippen molar-refractivity contribution in [2.45, 2.75) is 18.9 Å². The molecule has 0 saturated carbocycles. The predicted octanol–water partition coefficient (Wildman–Crippen LogP) is 2.23. The predicted molar refractivity (Wildman–Crippen MR) is 86.3 cm³/mol. The van der Waals surface area contributed by atoms with Gasteiger partial charge in [0.05, 0.1) is 15.8 Å². The van der Waals surface area contributed by atoms with E-state index in [1.54, 1.807) is 17.0 Å². The number of aliphatic imine (C=N–C) groups is 1. The van der Waals surface area contributed by atoms with E-state index in [4.69, 9.17) is 11.6 Å². The van der Waals surface area contributed by atoms with Crippen LogP contribution in [0.5, 0.6) is 0 Å². The zero-order chi connectivity index (χ0) is 14.8. The topological polar surface area (TPSA) is 61.8 Å². The minimum absolute atomic E-state index is 0.120. The molecule has 0 spiro atoms. The van der Waals surface area contributed by atoms with Gasteiger partial charge in [-0.15, -0.1) is 11.3 Å². The second-order valence-electron chi connectivity index (χ2n) is 4.78. The van der Waals surface area contributed by atoms with Crippen molar-refractivity contribution in [3.05, 3.63) is 21.3 Å². The molecule has 1 fully saturated rings. The van der Waals surface area contributed by atoms with Crippen LogP contribution in [0.3, 0.4) is 0 Å². The van der Waals surface area contributed by atoms with Crippen molar-refractivity contribution in [2.75, 3.05) is 18.8 Å². The highest BCUT2D eigenvalue weighted by Crippen LogP contribution is 2.26. The van der Waals surface area contributed by atoms with Gasteiger partial charge in [-0.25, -0.2) is 0 Å². The highest BCUT2D eigenvalue weighted by atomic mass is 35.5. The third kappa shape index (κ3) is 3.25. The Morgan fingerprint density at radius 1 is 1.43 bits per heavy atom. The van der Waals surface area contributed by atoms with Crippen LogP contribution in [0, 0.1) is 0 Å². The number of nitrogens with zero attached hydrogens (tertiary/aromatic N) is 2. The highest BCUT2D eigenvalue weighted by molar-refractivity contribution is 8.14. The van der Waals surface area contributed by atoms with Crippen molar-refractivity contribution < 1.29 is 9.59 Å². The van der Waals surface area contributed by atoms with Crippen LogP contribution >= 0.6 is 34.7 Å². The van der Waals surface area contributed by atoms with Crippen molar-refractivity contribution in [3.8, 4) is 0 Å². The number of amidine groups is 1. The second-order valence-corrected chi connectivity index (χ2v) is 7.58. The van der Waals surface area contributed by atoms with Gasteiger partial charge in [-0.05, 0) is 25.0 Å². The first-order chi connectivity index (χ1) is 10.1. The average molecular weight is 344 g/mol. The van der Waals surface area contributed by atoms with Gasteiger partial charge in [-0.3, -0.25) is 14.6 Å². The molecule has 8 heteroatoms. The zero-order valence-corrected chi connectivity index (χ0v) is 13.6. The van der Waals surface area contributed by atoms with E-state index in [2.05, 4.69) is 10.3 Å². The standard InChI is InChI=1S/C13H14ClN3O2S2/c14-10-4-3-9(21-10)12(19)17-6-1-2-8(17)11(18)16-13-15-5-7-20-13/h3-4,8H,1-2,5-7H2,(H,15,16,18). The van der Waals surface area contributed by atoms with Crippen LogP contribution in [0.1, 0.15) is 22.5 Å². The number of thioether (sulfide) groups is 1. The van der Waals surface area contributed by atoms with Crippen molar-refractivity contribution in [1.82, 2.24) is 10.2 Å². The molecule has 2 aliphatic heterocycles. The molecule has 1 aromatic rings. The number of carbonyl (C=O) groups is 2. The Balaban J connectivity index is 1.69. The van der Waals surface area contributed by atoms with E-state index in [-0.39, 0.29) is 11.8 Å². The number of halogens is 1. The number of nitrogens with one attached hydrogen (secondary N) is 1. The minimum atomic E-state index is -0.415. The van der Waals surface area contributed by atoms with Gasteiger partial charge in [0.15, 0.2) is 5.17 Å². The summed E-state index contributed by atoms with van der Waals surface area (Å²) in [5.41, 5.74) is 0. The number of rotatable bonds is 2. The van der Waals surface area contributed by atoms with Gasteiger partial charge in [0, 0.05) is 12.3 Å². The molecule has 3 rings (SSSR count). The molecule has 0 aromatic carbocycles. The first-order valence-corrected chi connectivity index (χ1v) is 8.87. The van der Waals surface area contributed by atoms with Crippen LogP contribution in [0.15, 0.2) is 17.1 Å². The number of likely N-dealkylation sites (tertiary alicyclic amines) is 1. The summed E-state index contributed by atoms with van der Waals surface area (Å²) in [5, 5.41) is 3.49. The molecule has 0 radical (unpaired) electrons. The molecular formula is C13H14ClN3O2S2. The molecule has 2 aliphatic rings. The van der Waals surface area contributed by atoms with Crippen molar-refractivity contribution in [2.24, 2.45) is 4.99 Å². The van der Waals surface area contributed by atoms with E-state index in [1.807, 2.05) is 0 Å². The van der Waals surface area contributed by atoms with Gasteiger partial charge in [0.25, 0.3) is 5.91 Å². The Hall–Kier alpha value is -1.05. The lowest BCUT2D eigenvalue weighted by atomic mass is 10.2. The molecule has 1 saturated heterocycles. The summed E-state index contributed by atoms with van der Waals surface area (Å²) in [4.78, 5) is 31.2. The fourth-order valence-corrected chi connectivity index (χ4v) is 4.18. The van der Waals surface area contributed by atoms with Gasteiger partial charge in [-0.2, -0.15) is 0 Å². The Bertz CT molecular complexity index is 602. The van der Waals surface area contributed by atoms with Crippen molar-refractivity contribution in [3.63, 3.8) is 0 Å². The number of hydrogen-bond acceptors (Lipinski definition) is 5. The summed E-state index contributed by atoms with van der Waals surface area (Å²) >= 11 is 8.66. The molecule has 1 N–H and O–H groups in total. The molecule has 5 nitrogen and oxygen atoms in total. The van der Waals surface area contributed by atoms with Crippen LogP contribution in [0.25, 0.3) is 0 Å². The third-order valence-corrected chi connectivity index (χ3v) is 5.53. The minimum Gasteiger partial charge on any atom is -0.326 e. The lowest BCUT2D eigenvalue weighted by Crippen LogP contribution is -2.46. The number of thiophene rings is 1. The molecule has 1 aromatic heterocycles. The van der Waals surface area contributed by atoms with Crippen LogP contribution in [-0.2, 0) is 4.79 Å². The maximum Gasteiger partial charge on any atom is 0.264 e.